The summed E-state index contributed by atoms with van der Waals surface area (Å²) in [6.07, 6.45) is 0. The quantitative estimate of drug-likeness (QED) is 0.437. The molecule has 1 saturated heterocycles. The highest BCUT2D eigenvalue weighted by Gasteiger charge is 2.45. The number of rotatable bonds is 4. The van der Waals surface area contributed by atoms with Crippen LogP contribution in [0, 0.1) is 0 Å². The van der Waals surface area contributed by atoms with Gasteiger partial charge in [-0.2, -0.15) is 0 Å². The van der Waals surface area contributed by atoms with Crippen LogP contribution >= 0.6 is 27.5 Å². The van der Waals surface area contributed by atoms with Crippen molar-refractivity contribution >= 4 is 45.0 Å². The number of carbonyl (C=O) groups excluding carboxylic acids is 2. The number of aliphatic hydroxyl groups is 2. The maximum Gasteiger partial charge on any atom is 0.295 e. The Labute approximate surface area is 163 Å². The minimum Gasteiger partial charge on any atom is -0.507 e. The van der Waals surface area contributed by atoms with Crippen molar-refractivity contribution in [3.8, 4) is 0 Å². The first-order valence-corrected chi connectivity index (χ1v) is 9.02. The van der Waals surface area contributed by atoms with Gasteiger partial charge in [0.15, 0.2) is 0 Å². The van der Waals surface area contributed by atoms with Crippen LogP contribution in [0.2, 0.25) is 5.02 Å². The van der Waals surface area contributed by atoms with Crippen LogP contribution in [0.1, 0.15) is 17.2 Å². The van der Waals surface area contributed by atoms with Crippen molar-refractivity contribution in [3.63, 3.8) is 0 Å². The van der Waals surface area contributed by atoms with Gasteiger partial charge in [0.25, 0.3) is 11.7 Å². The molecule has 0 saturated carbocycles. The first-order valence-electron chi connectivity index (χ1n) is 7.84. The van der Waals surface area contributed by atoms with Gasteiger partial charge in [-0.05, 0) is 29.8 Å². The van der Waals surface area contributed by atoms with Gasteiger partial charge < -0.3 is 15.1 Å². The van der Waals surface area contributed by atoms with Crippen molar-refractivity contribution in [2.75, 3.05) is 13.2 Å². The summed E-state index contributed by atoms with van der Waals surface area (Å²) < 4.78 is 0.823. The summed E-state index contributed by atoms with van der Waals surface area (Å²) in [4.78, 5) is 26.3. The highest BCUT2D eigenvalue weighted by Crippen LogP contribution is 2.39. The number of β-amino-alcohol motifs (C(OH)–C–C–N with tert-alkyl or cyclic N) is 1. The van der Waals surface area contributed by atoms with Crippen LogP contribution in [0.15, 0.2) is 58.6 Å². The van der Waals surface area contributed by atoms with E-state index in [1.807, 2.05) is 0 Å². The van der Waals surface area contributed by atoms with Gasteiger partial charge in [-0.3, -0.25) is 9.59 Å². The summed E-state index contributed by atoms with van der Waals surface area (Å²) in [5.41, 5.74) is 1.04. The fraction of sp³-hybridized carbons (Fsp3) is 0.158. The number of aliphatic hydroxyl groups excluding tert-OH is 2. The zero-order valence-corrected chi connectivity index (χ0v) is 15.9. The minimum atomic E-state index is -0.789. The van der Waals surface area contributed by atoms with Crippen molar-refractivity contribution in [2.24, 2.45) is 0 Å². The van der Waals surface area contributed by atoms with Gasteiger partial charge in [-0.1, -0.05) is 51.8 Å². The van der Waals surface area contributed by atoms with Crippen molar-refractivity contribution in [2.45, 2.75) is 6.04 Å². The van der Waals surface area contributed by atoms with Gasteiger partial charge in [0.1, 0.15) is 5.76 Å². The predicted molar refractivity (Wildman–Crippen MR) is 102 cm³/mol. The van der Waals surface area contributed by atoms with E-state index in [4.69, 9.17) is 11.6 Å². The third-order valence-electron chi connectivity index (χ3n) is 4.18. The molecule has 1 heterocycles. The fourth-order valence-corrected chi connectivity index (χ4v) is 3.36. The number of nitrogens with zero attached hydrogens (tertiary/aromatic N) is 1. The molecule has 1 amide bonds. The van der Waals surface area contributed by atoms with Crippen molar-refractivity contribution in [1.82, 2.24) is 4.90 Å². The Kier molecular flexibility index (Phi) is 5.46. The molecule has 1 atom stereocenters. The van der Waals surface area contributed by atoms with Crippen LogP contribution in [-0.2, 0) is 9.59 Å². The molecule has 1 aliphatic heterocycles. The Balaban J connectivity index is 2.17. The smallest absolute Gasteiger partial charge is 0.295 e. The number of amides is 1. The van der Waals surface area contributed by atoms with Crippen molar-refractivity contribution < 1.29 is 19.8 Å². The molecule has 2 N–H and O–H groups in total. The first-order chi connectivity index (χ1) is 12.4. The van der Waals surface area contributed by atoms with Gasteiger partial charge >= 0.3 is 0 Å². The third-order valence-corrected chi connectivity index (χ3v) is 4.96. The predicted octanol–water partition coefficient (Wildman–Crippen LogP) is 3.52. The van der Waals surface area contributed by atoms with E-state index in [2.05, 4.69) is 15.9 Å². The van der Waals surface area contributed by atoms with E-state index in [0.29, 0.717) is 16.1 Å². The molecule has 0 aliphatic carbocycles. The van der Waals surface area contributed by atoms with E-state index in [9.17, 15) is 19.8 Å². The Morgan fingerprint density at radius 3 is 2.27 bits per heavy atom. The molecule has 7 heteroatoms. The monoisotopic (exact) mass is 435 g/mol. The average molecular weight is 437 g/mol. The van der Waals surface area contributed by atoms with E-state index in [-0.39, 0.29) is 24.5 Å². The second-order valence-electron chi connectivity index (χ2n) is 5.77. The second kappa shape index (κ2) is 7.61. The topological polar surface area (TPSA) is 77.8 Å². The number of ketones is 1. The highest BCUT2D eigenvalue weighted by atomic mass is 79.9. The second-order valence-corrected chi connectivity index (χ2v) is 7.13. The normalized spacial score (nSPS) is 19.2. The summed E-state index contributed by atoms with van der Waals surface area (Å²) >= 11 is 9.25. The largest absolute Gasteiger partial charge is 0.507 e. The van der Waals surface area contributed by atoms with Crippen molar-refractivity contribution in [1.29, 1.82) is 0 Å². The standard InChI is InChI=1S/C19H15BrClNO4/c20-13-5-1-12(2-6-13)17(24)15-16(11-3-7-14(21)8-4-11)22(9-10-23)19(26)18(15)25/h1-8,16,23-24H,9-10H2/b17-15+/t16-/m1/s1. The van der Waals surface area contributed by atoms with Crippen LogP contribution in [0.4, 0.5) is 0 Å². The summed E-state index contributed by atoms with van der Waals surface area (Å²) in [7, 11) is 0. The molecule has 3 rings (SSSR count). The minimum absolute atomic E-state index is 0.00639. The lowest BCUT2D eigenvalue weighted by molar-refractivity contribution is -0.140. The van der Waals surface area contributed by atoms with E-state index < -0.39 is 17.7 Å². The highest BCUT2D eigenvalue weighted by molar-refractivity contribution is 9.10. The SMILES string of the molecule is O=C1C(=O)N(CCO)[C@H](c2ccc(Cl)cc2)/C1=C(\O)c1ccc(Br)cc1. The lowest BCUT2D eigenvalue weighted by Gasteiger charge is -2.24. The Morgan fingerprint density at radius 2 is 1.69 bits per heavy atom. The van der Waals surface area contributed by atoms with Gasteiger partial charge in [-0.25, -0.2) is 0 Å². The molecule has 0 radical (unpaired) electrons. The number of halogens is 2. The fourth-order valence-electron chi connectivity index (χ4n) is 2.97. The van der Waals surface area contributed by atoms with E-state index in [1.165, 1.54) is 4.90 Å². The van der Waals surface area contributed by atoms with Crippen LogP contribution in [0.3, 0.4) is 0 Å². The van der Waals surface area contributed by atoms with Crippen LogP contribution in [0.5, 0.6) is 0 Å². The molecule has 0 unspecified atom stereocenters. The lowest BCUT2D eigenvalue weighted by Crippen LogP contribution is -2.32. The average Bonchev–Trinajstić information content (AvgIpc) is 2.88. The molecule has 2 aromatic carbocycles. The van der Waals surface area contributed by atoms with E-state index in [0.717, 1.165) is 4.47 Å². The summed E-state index contributed by atoms with van der Waals surface area (Å²) in [6, 6.07) is 12.7. The molecule has 0 bridgehead atoms. The Hall–Kier alpha value is -2.15. The number of Topliss-reactive ketones (excluding diaryl/α,β-unsaturated/α-hetero) is 1. The molecular weight excluding hydrogens is 422 g/mol. The zero-order valence-electron chi connectivity index (χ0n) is 13.5. The lowest BCUT2D eigenvalue weighted by atomic mass is 9.95. The summed E-state index contributed by atoms with van der Waals surface area (Å²) in [5.74, 6) is -1.78. The third kappa shape index (κ3) is 3.40. The van der Waals surface area contributed by atoms with Gasteiger partial charge in [0.05, 0.1) is 18.2 Å². The molecule has 134 valence electrons. The molecule has 0 spiro atoms. The van der Waals surface area contributed by atoms with Gasteiger partial charge in [-0.15, -0.1) is 0 Å². The maximum absolute atomic E-state index is 12.6. The summed E-state index contributed by atoms with van der Waals surface area (Å²) in [5, 5.41) is 20.6. The molecule has 2 aromatic rings. The number of hydrogen-bond acceptors (Lipinski definition) is 4. The van der Waals surface area contributed by atoms with Gasteiger partial charge in [0.2, 0.25) is 0 Å². The van der Waals surface area contributed by atoms with E-state index >= 15 is 0 Å². The molecule has 5 nitrogen and oxygen atoms in total. The molecule has 0 aromatic heterocycles. The van der Waals surface area contributed by atoms with Crippen LogP contribution in [0.25, 0.3) is 5.76 Å². The number of carbonyl (C=O) groups is 2. The Bertz CT molecular complexity index is 877. The van der Waals surface area contributed by atoms with Crippen LogP contribution in [-0.4, -0.2) is 40.0 Å². The number of likely N-dealkylation sites (tertiary alicyclic amines) is 1. The van der Waals surface area contributed by atoms with Crippen molar-refractivity contribution in [3.05, 3.63) is 74.7 Å². The van der Waals surface area contributed by atoms with Crippen LogP contribution < -0.4 is 0 Å². The first kappa shape index (κ1) is 18.6. The maximum atomic E-state index is 12.6. The number of benzene rings is 2. The van der Waals surface area contributed by atoms with E-state index in [1.54, 1.807) is 48.5 Å². The number of hydrogen-bond donors (Lipinski definition) is 2. The molecule has 1 fully saturated rings. The molecule has 1 aliphatic rings. The molecule has 26 heavy (non-hydrogen) atoms. The Morgan fingerprint density at radius 1 is 1.08 bits per heavy atom. The summed E-state index contributed by atoms with van der Waals surface area (Å²) in [6.45, 7) is -0.315. The molecular formula is C19H15BrClNO4. The zero-order chi connectivity index (χ0) is 18.8. The van der Waals surface area contributed by atoms with Gasteiger partial charge in [0, 0.05) is 21.6 Å².